The molecule has 1 unspecified atom stereocenters. The molecule has 1 atom stereocenters. The van der Waals surface area contributed by atoms with Crippen molar-refractivity contribution in [2.24, 2.45) is 0 Å². The predicted octanol–water partition coefficient (Wildman–Crippen LogP) is 3.74. The first kappa shape index (κ1) is 20.8. The number of piperazine rings is 1. The van der Waals surface area contributed by atoms with E-state index in [-0.39, 0.29) is 0 Å². The largest absolute Gasteiger partial charge is 0.369 e. The van der Waals surface area contributed by atoms with Crippen molar-refractivity contribution < 1.29 is 0 Å². The van der Waals surface area contributed by atoms with Crippen molar-refractivity contribution >= 4 is 31.2 Å². The lowest BCUT2D eigenvalue weighted by Crippen LogP contribution is -2.42. The Morgan fingerprint density at radius 2 is 1.87 bits per heavy atom. The zero-order valence-electron chi connectivity index (χ0n) is 17.0. The Morgan fingerprint density at radius 3 is 2.57 bits per heavy atom. The first-order valence-electron chi connectivity index (χ1n) is 9.93. The van der Waals surface area contributed by atoms with Gasteiger partial charge in [0.05, 0.1) is 10.7 Å². The first-order valence-corrected chi connectivity index (χ1v) is 10.9. The number of rotatable bonds is 5. The van der Waals surface area contributed by atoms with Crippen molar-refractivity contribution in [2.75, 3.05) is 26.2 Å². The minimum atomic E-state index is 0.589. The molecule has 3 heterocycles. The number of nitrogens with one attached hydrogen (secondary N) is 1. The minimum Gasteiger partial charge on any atom is -0.369 e. The van der Waals surface area contributed by atoms with E-state index in [0.717, 1.165) is 65.6 Å². The lowest BCUT2D eigenvalue weighted by Gasteiger charge is -2.29. The molecular weight excluding hydrogens is 413 g/mol. The van der Waals surface area contributed by atoms with Gasteiger partial charge in [0, 0.05) is 55.5 Å². The molecule has 1 saturated heterocycles. The van der Waals surface area contributed by atoms with Gasteiger partial charge in [-0.15, -0.1) is 9.24 Å². The van der Waals surface area contributed by atoms with E-state index in [1.807, 2.05) is 37.3 Å². The maximum atomic E-state index is 6.79. The molecule has 0 saturated carbocycles. The molecular formula is C23H25ClN5P. The SMILES string of the molecule is C=C(/C=C(/Cl)c1nc(-c2ccccc2P)n(-c2ccncc2)c1C)N1CCNCC1. The minimum absolute atomic E-state index is 0.589. The number of imidazole rings is 1. The van der Waals surface area contributed by atoms with E-state index in [2.05, 4.69) is 47.7 Å². The summed E-state index contributed by atoms with van der Waals surface area (Å²) in [6.07, 6.45) is 5.50. The number of allylic oxidation sites excluding steroid dienone is 1. The number of pyridine rings is 1. The fourth-order valence-corrected chi connectivity index (χ4v) is 4.32. The Labute approximate surface area is 184 Å². The van der Waals surface area contributed by atoms with Gasteiger partial charge in [0.1, 0.15) is 11.5 Å². The number of nitrogens with zero attached hydrogens (tertiary/aromatic N) is 4. The molecule has 7 heteroatoms. The van der Waals surface area contributed by atoms with Crippen molar-refractivity contribution in [1.29, 1.82) is 0 Å². The van der Waals surface area contributed by atoms with Gasteiger partial charge in [-0.3, -0.25) is 9.55 Å². The predicted molar refractivity (Wildman–Crippen MR) is 128 cm³/mol. The summed E-state index contributed by atoms with van der Waals surface area (Å²) in [5.74, 6) is 0.846. The van der Waals surface area contributed by atoms with Crippen LogP contribution in [0.15, 0.2) is 67.1 Å². The van der Waals surface area contributed by atoms with Crippen LogP contribution in [0.3, 0.4) is 0 Å². The van der Waals surface area contributed by atoms with Gasteiger partial charge in [-0.1, -0.05) is 42.4 Å². The Morgan fingerprint density at radius 1 is 1.17 bits per heavy atom. The third kappa shape index (κ3) is 4.20. The molecule has 30 heavy (non-hydrogen) atoms. The van der Waals surface area contributed by atoms with Crippen LogP contribution in [0.25, 0.3) is 22.1 Å². The van der Waals surface area contributed by atoms with Gasteiger partial charge in [-0.05, 0) is 30.4 Å². The van der Waals surface area contributed by atoms with Crippen molar-refractivity contribution in [1.82, 2.24) is 24.8 Å². The van der Waals surface area contributed by atoms with Crippen LogP contribution in [0.5, 0.6) is 0 Å². The molecule has 1 N–H and O–H groups in total. The highest BCUT2D eigenvalue weighted by molar-refractivity contribution is 7.27. The fraction of sp³-hybridized carbons (Fsp3) is 0.217. The molecule has 3 aromatic rings. The lowest BCUT2D eigenvalue weighted by molar-refractivity contribution is 0.308. The maximum Gasteiger partial charge on any atom is 0.146 e. The highest BCUT2D eigenvalue weighted by atomic mass is 35.5. The fourth-order valence-electron chi connectivity index (χ4n) is 3.68. The molecule has 1 aliphatic heterocycles. The molecule has 1 fully saturated rings. The first-order chi connectivity index (χ1) is 14.6. The van der Waals surface area contributed by atoms with Crippen molar-refractivity contribution in [3.05, 3.63) is 78.5 Å². The Bertz CT molecular complexity index is 1080. The number of benzene rings is 1. The van der Waals surface area contributed by atoms with Crippen LogP contribution < -0.4 is 10.6 Å². The van der Waals surface area contributed by atoms with E-state index in [1.54, 1.807) is 12.4 Å². The molecule has 5 nitrogen and oxygen atoms in total. The zero-order valence-corrected chi connectivity index (χ0v) is 18.9. The summed E-state index contributed by atoms with van der Waals surface area (Å²) in [4.78, 5) is 11.4. The van der Waals surface area contributed by atoms with Crippen LogP contribution in [0.4, 0.5) is 0 Å². The van der Waals surface area contributed by atoms with Crippen molar-refractivity contribution in [3.63, 3.8) is 0 Å². The Kier molecular flexibility index (Phi) is 6.33. The van der Waals surface area contributed by atoms with E-state index >= 15 is 0 Å². The quantitative estimate of drug-likeness (QED) is 0.488. The molecule has 2 aromatic heterocycles. The summed E-state index contributed by atoms with van der Waals surface area (Å²) < 4.78 is 2.13. The van der Waals surface area contributed by atoms with Crippen molar-refractivity contribution in [3.8, 4) is 17.1 Å². The van der Waals surface area contributed by atoms with Gasteiger partial charge >= 0.3 is 0 Å². The molecule has 4 rings (SSSR count). The van der Waals surface area contributed by atoms with Gasteiger partial charge in [-0.25, -0.2) is 4.98 Å². The molecule has 154 valence electrons. The van der Waals surface area contributed by atoms with Crippen LogP contribution in [-0.2, 0) is 0 Å². The summed E-state index contributed by atoms with van der Waals surface area (Å²) in [6, 6.07) is 12.1. The standard InChI is InChI=1S/C23H25ClN5P/c1-16(28-13-11-26-12-14-28)15-20(24)22-17(2)29(18-7-9-25-10-8-18)23(27-22)19-5-3-4-6-21(19)30/h3-10,15,26H,1,11-14,30H2,2H3/b20-15+. The van der Waals surface area contributed by atoms with Gasteiger partial charge < -0.3 is 10.2 Å². The zero-order chi connectivity index (χ0) is 21.1. The normalized spacial score (nSPS) is 14.8. The van der Waals surface area contributed by atoms with E-state index in [4.69, 9.17) is 16.6 Å². The summed E-state index contributed by atoms with van der Waals surface area (Å²) >= 11 is 6.79. The second-order valence-corrected chi connectivity index (χ2v) is 8.25. The molecule has 0 radical (unpaired) electrons. The molecule has 1 aromatic carbocycles. The number of aromatic nitrogens is 3. The van der Waals surface area contributed by atoms with Gasteiger partial charge in [-0.2, -0.15) is 0 Å². The van der Waals surface area contributed by atoms with Crippen LogP contribution in [-0.4, -0.2) is 45.6 Å². The molecule has 0 aliphatic carbocycles. The highest BCUT2D eigenvalue weighted by Crippen LogP contribution is 2.31. The maximum absolute atomic E-state index is 6.79. The van der Waals surface area contributed by atoms with Crippen LogP contribution in [0.2, 0.25) is 0 Å². The monoisotopic (exact) mass is 437 g/mol. The van der Waals surface area contributed by atoms with Gasteiger partial charge in [0.15, 0.2) is 0 Å². The van der Waals surface area contributed by atoms with E-state index in [0.29, 0.717) is 5.03 Å². The second kappa shape index (κ2) is 9.13. The molecule has 0 bridgehead atoms. The second-order valence-electron chi connectivity index (χ2n) is 7.22. The number of hydrogen-bond donors (Lipinski definition) is 1. The molecule has 1 aliphatic rings. The van der Waals surface area contributed by atoms with Crippen LogP contribution in [0, 0.1) is 6.92 Å². The average Bonchev–Trinajstić information content (AvgIpc) is 3.12. The van der Waals surface area contributed by atoms with Crippen LogP contribution in [0.1, 0.15) is 11.4 Å². The third-order valence-corrected chi connectivity index (χ3v) is 6.06. The molecule has 0 amide bonds. The highest BCUT2D eigenvalue weighted by Gasteiger charge is 2.20. The van der Waals surface area contributed by atoms with E-state index in [9.17, 15) is 0 Å². The van der Waals surface area contributed by atoms with Crippen LogP contribution >= 0.6 is 20.8 Å². The number of halogens is 1. The van der Waals surface area contributed by atoms with E-state index in [1.165, 1.54) is 0 Å². The van der Waals surface area contributed by atoms with E-state index < -0.39 is 0 Å². The van der Waals surface area contributed by atoms with Gasteiger partial charge in [0.2, 0.25) is 0 Å². The number of hydrogen-bond acceptors (Lipinski definition) is 4. The summed E-state index contributed by atoms with van der Waals surface area (Å²) in [5, 5.41) is 5.02. The topological polar surface area (TPSA) is 46.0 Å². The summed E-state index contributed by atoms with van der Waals surface area (Å²) in [6.45, 7) is 10.0. The summed E-state index contributed by atoms with van der Waals surface area (Å²) in [7, 11) is 2.79. The van der Waals surface area contributed by atoms with Crippen molar-refractivity contribution in [2.45, 2.75) is 6.92 Å². The molecule has 0 spiro atoms. The third-order valence-electron chi connectivity index (χ3n) is 5.27. The smallest absolute Gasteiger partial charge is 0.146 e. The lowest BCUT2D eigenvalue weighted by atomic mass is 10.2. The summed E-state index contributed by atoms with van der Waals surface area (Å²) in [5.41, 5.74) is 4.67. The Balaban J connectivity index is 1.80. The average molecular weight is 438 g/mol. The van der Waals surface area contributed by atoms with Gasteiger partial charge in [0.25, 0.3) is 0 Å². The Hall–Kier alpha value is -2.46.